The molecular formula is C13H12F2N2. The number of hydrogen-bond acceptors (Lipinski definition) is 2. The van der Waals surface area contributed by atoms with E-state index in [0.717, 1.165) is 0 Å². The molecule has 0 aliphatic carbocycles. The van der Waals surface area contributed by atoms with Crippen LogP contribution in [0.25, 0.3) is 11.3 Å². The van der Waals surface area contributed by atoms with Crippen molar-refractivity contribution in [1.82, 2.24) is 4.98 Å². The van der Waals surface area contributed by atoms with E-state index in [1.165, 1.54) is 18.3 Å². The maximum atomic E-state index is 14.1. The molecule has 88 valence electrons. The standard InChI is InChI=1S/C13H12F2N2/c1-2-16-11-7-6-9(14)12(13(11)15)10-5-3-4-8-17-10/h3-8,16H,2H2,1H3. The zero-order valence-electron chi connectivity index (χ0n) is 9.37. The summed E-state index contributed by atoms with van der Waals surface area (Å²) >= 11 is 0. The molecule has 2 rings (SSSR count). The molecule has 4 heteroatoms. The molecule has 0 aliphatic rings. The van der Waals surface area contributed by atoms with Crippen LogP contribution in [0.2, 0.25) is 0 Å². The van der Waals surface area contributed by atoms with Crippen molar-refractivity contribution in [1.29, 1.82) is 0 Å². The third kappa shape index (κ3) is 2.25. The van der Waals surface area contributed by atoms with Crippen LogP contribution in [0.5, 0.6) is 0 Å². The van der Waals surface area contributed by atoms with Gasteiger partial charge in [0.2, 0.25) is 0 Å². The molecule has 17 heavy (non-hydrogen) atoms. The maximum absolute atomic E-state index is 14.1. The number of nitrogens with one attached hydrogen (secondary N) is 1. The fourth-order valence-corrected chi connectivity index (χ4v) is 1.62. The molecule has 0 aliphatic heterocycles. The van der Waals surface area contributed by atoms with Gasteiger partial charge in [-0.1, -0.05) is 6.07 Å². The molecule has 0 saturated carbocycles. The zero-order valence-corrected chi connectivity index (χ0v) is 9.37. The number of rotatable bonds is 3. The highest BCUT2D eigenvalue weighted by molar-refractivity contribution is 5.67. The summed E-state index contributed by atoms with van der Waals surface area (Å²) in [7, 11) is 0. The van der Waals surface area contributed by atoms with Crippen molar-refractivity contribution < 1.29 is 8.78 Å². The van der Waals surface area contributed by atoms with Crippen molar-refractivity contribution in [2.24, 2.45) is 0 Å². The van der Waals surface area contributed by atoms with Crippen LogP contribution in [-0.4, -0.2) is 11.5 Å². The van der Waals surface area contributed by atoms with Gasteiger partial charge < -0.3 is 5.32 Å². The second kappa shape index (κ2) is 4.91. The molecule has 0 unspecified atom stereocenters. The Hall–Kier alpha value is -1.97. The summed E-state index contributed by atoms with van der Waals surface area (Å²) in [5, 5.41) is 2.84. The Morgan fingerprint density at radius 3 is 2.65 bits per heavy atom. The van der Waals surface area contributed by atoms with Gasteiger partial charge in [0.15, 0.2) is 5.82 Å². The van der Waals surface area contributed by atoms with Crippen LogP contribution in [0.3, 0.4) is 0 Å². The van der Waals surface area contributed by atoms with Gasteiger partial charge in [0, 0.05) is 12.7 Å². The minimum atomic E-state index is -0.608. The topological polar surface area (TPSA) is 24.9 Å². The normalized spacial score (nSPS) is 10.3. The van der Waals surface area contributed by atoms with Crippen molar-refractivity contribution in [2.45, 2.75) is 6.92 Å². The number of halogens is 2. The molecule has 0 atom stereocenters. The largest absolute Gasteiger partial charge is 0.383 e. The van der Waals surface area contributed by atoms with Gasteiger partial charge in [0.1, 0.15) is 5.82 Å². The zero-order chi connectivity index (χ0) is 12.3. The summed E-state index contributed by atoms with van der Waals surface area (Å²) in [6.07, 6.45) is 1.51. The molecule has 0 amide bonds. The van der Waals surface area contributed by atoms with Crippen molar-refractivity contribution in [3.05, 3.63) is 48.2 Å². The Labute approximate surface area is 98.3 Å². The van der Waals surface area contributed by atoms with E-state index in [1.54, 1.807) is 18.2 Å². The lowest BCUT2D eigenvalue weighted by Crippen LogP contribution is -2.02. The minimum absolute atomic E-state index is 0.0935. The monoisotopic (exact) mass is 234 g/mol. The molecule has 0 radical (unpaired) electrons. The van der Waals surface area contributed by atoms with E-state index in [2.05, 4.69) is 10.3 Å². The van der Waals surface area contributed by atoms with E-state index in [4.69, 9.17) is 0 Å². The van der Waals surface area contributed by atoms with Gasteiger partial charge in [-0.25, -0.2) is 8.78 Å². The average molecular weight is 234 g/mol. The van der Waals surface area contributed by atoms with Gasteiger partial charge in [-0.15, -0.1) is 0 Å². The van der Waals surface area contributed by atoms with Gasteiger partial charge in [0.05, 0.1) is 16.9 Å². The molecule has 1 aromatic carbocycles. The van der Waals surface area contributed by atoms with Crippen LogP contribution < -0.4 is 5.32 Å². The molecular weight excluding hydrogens is 222 g/mol. The van der Waals surface area contributed by atoms with Crippen LogP contribution in [0.4, 0.5) is 14.5 Å². The Morgan fingerprint density at radius 1 is 1.18 bits per heavy atom. The lowest BCUT2D eigenvalue weighted by molar-refractivity contribution is 0.590. The van der Waals surface area contributed by atoms with E-state index in [1.807, 2.05) is 6.92 Å². The molecule has 0 fully saturated rings. The Kier molecular flexibility index (Phi) is 3.32. The number of aromatic nitrogens is 1. The Morgan fingerprint density at radius 2 is 2.00 bits per heavy atom. The lowest BCUT2D eigenvalue weighted by atomic mass is 10.1. The maximum Gasteiger partial charge on any atom is 0.158 e. The molecule has 1 aromatic heterocycles. The number of hydrogen-bond donors (Lipinski definition) is 1. The number of pyridine rings is 1. The smallest absolute Gasteiger partial charge is 0.158 e. The molecule has 0 saturated heterocycles. The van der Waals surface area contributed by atoms with Gasteiger partial charge in [-0.05, 0) is 31.2 Å². The quantitative estimate of drug-likeness (QED) is 0.879. The predicted octanol–water partition coefficient (Wildman–Crippen LogP) is 3.46. The molecule has 2 aromatic rings. The number of benzene rings is 1. The van der Waals surface area contributed by atoms with E-state index < -0.39 is 11.6 Å². The first-order chi connectivity index (χ1) is 8.24. The fourth-order valence-electron chi connectivity index (χ4n) is 1.62. The number of anilines is 1. The number of nitrogens with zero attached hydrogens (tertiary/aromatic N) is 1. The third-order valence-corrected chi connectivity index (χ3v) is 2.38. The molecule has 1 heterocycles. The van der Waals surface area contributed by atoms with E-state index in [0.29, 0.717) is 12.2 Å². The van der Waals surface area contributed by atoms with Crippen LogP contribution in [0, 0.1) is 11.6 Å². The summed E-state index contributed by atoms with van der Waals surface area (Å²) in [4.78, 5) is 3.96. The van der Waals surface area contributed by atoms with Crippen molar-refractivity contribution in [3.8, 4) is 11.3 Å². The highest BCUT2D eigenvalue weighted by Gasteiger charge is 2.15. The van der Waals surface area contributed by atoms with Crippen LogP contribution in [-0.2, 0) is 0 Å². The van der Waals surface area contributed by atoms with Crippen LogP contribution in [0.1, 0.15) is 6.92 Å². The summed E-state index contributed by atoms with van der Waals surface area (Å²) in [6.45, 7) is 2.42. The van der Waals surface area contributed by atoms with E-state index >= 15 is 0 Å². The van der Waals surface area contributed by atoms with Gasteiger partial charge >= 0.3 is 0 Å². The second-order valence-corrected chi connectivity index (χ2v) is 3.53. The highest BCUT2D eigenvalue weighted by atomic mass is 19.1. The predicted molar refractivity (Wildman–Crippen MR) is 63.8 cm³/mol. The average Bonchev–Trinajstić information content (AvgIpc) is 2.35. The SMILES string of the molecule is CCNc1ccc(F)c(-c2ccccn2)c1F. The molecule has 0 bridgehead atoms. The Balaban J connectivity index is 2.56. The lowest BCUT2D eigenvalue weighted by Gasteiger charge is -2.09. The van der Waals surface area contributed by atoms with Crippen LogP contribution in [0.15, 0.2) is 36.5 Å². The summed E-state index contributed by atoms with van der Waals surface area (Å²) in [5.74, 6) is -1.21. The molecule has 1 N–H and O–H groups in total. The first-order valence-corrected chi connectivity index (χ1v) is 5.37. The summed E-state index contributed by atoms with van der Waals surface area (Å²) in [6, 6.07) is 7.61. The van der Waals surface area contributed by atoms with Crippen LogP contribution >= 0.6 is 0 Å². The fraction of sp³-hybridized carbons (Fsp3) is 0.154. The molecule has 2 nitrogen and oxygen atoms in total. The van der Waals surface area contributed by atoms with Crippen molar-refractivity contribution in [3.63, 3.8) is 0 Å². The van der Waals surface area contributed by atoms with Crippen molar-refractivity contribution in [2.75, 3.05) is 11.9 Å². The Bertz CT molecular complexity index is 512. The third-order valence-electron chi connectivity index (χ3n) is 2.38. The minimum Gasteiger partial charge on any atom is -0.383 e. The second-order valence-electron chi connectivity index (χ2n) is 3.53. The highest BCUT2D eigenvalue weighted by Crippen LogP contribution is 2.28. The van der Waals surface area contributed by atoms with E-state index in [-0.39, 0.29) is 11.3 Å². The first-order valence-electron chi connectivity index (χ1n) is 5.37. The van der Waals surface area contributed by atoms with Gasteiger partial charge in [-0.2, -0.15) is 0 Å². The van der Waals surface area contributed by atoms with Crippen molar-refractivity contribution >= 4 is 5.69 Å². The van der Waals surface area contributed by atoms with Gasteiger partial charge in [-0.3, -0.25) is 4.98 Å². The molecule has 0 spiro atoms. The first kappa shape index (κ1) is 11.5. The van der Waals surface area contributed by atoms with E-state index in [9.17, 15) is 8.78 Å². The van der Waals surface area contributed by atoms with Gasteiger partial charge in [0.25, 0.3) is 0 Å². The summed E-state index contributed by atoms with van der Waals surface area (Å²) in [5.41, 5.74) is 0.487. The summed E-state index contributed by atoms with van der Waals surface area (Å²) < 4.78 is 27.7.